The van der Waals surface area contributed by atoms with Crippen LogP contribution in [0.4, 0.5) is 0 Å². The molecule has 0 amide bonds. The third-order valence-corrected chi connectivity index (χ3v) is 4.07. The van der Waals surface area contributed by atoms with Crippen molar-refractivity contribution in [1.29, 1.82) is 0 Å². The van der Waals surface area contributed by atoms with Crippen molar-refractivity contribution in [3.8, 4) is 0 Å². The molecule has 2 nitrogen and oxygen atoms in total. The zero-order valence-electron chi connectivity index (χ0n) is 13.9. The summed E-state index contributed by atoms with van der Waals surface area (Å²) in [5.74, 6) is 0. The van der Waals surface area contributed by atoms with E-state index in [1.165, 1.54) is 48.6 Å². The van der Waals surface area contributed by atoms with Crippen LogP contribution in [0.5, 0.6) is 0 Å². The molecular formula is C19H30N2. The molecule has 1 N–H and O–H groups in total. The Labute approximate surface area is 129 Å². The van der Waals surface area contributed by atoms with E-state index in [9.17, 15) is 0 Å². The van der Waals surface area contributed by atoms with E-state index in [0.29, 0.717) is 6.04 Å². The van der Waals surface area contributed by atoms with E-state index in [2.05, 4.69) is 61.1 Å². The number of hydrogen-bond donors (Lipinski definition) is 1. The van der Waals surface area contributed by atoms with Crippen molar-refractivity contribution in [1.82, 2.24) is 9.88 Å². The first-order valence-corrected chi connectivity index (χ1v) is 8.52. The molecule has 0 aliphatic carbocycles. The van der Waals surface area contributed by atoms with Crippen LogP contribution in [0, 0.1) is 0 Å². The average Bonchev–Trinajstić information content (AvgIpc) is 2.83. The molecule has 0 unspecified atom stereocenters. The molecule has 0 saturated carbocycles. The molecule has 0 fully saturated rings. The van der Waals surface area contributed by atoms with Crippen LogP contribution >= 0.6 is 0 Å². The van der Waals surface area contributed by atoms with Crippen LogP contribution < -0.4 is 5.32 Å². The molecule has 2 aromatic rings. The van der Waals surface area contributed by atoms with Crippen molar-refractivity contribution in [2.75, 3.05) is 0 Å². The van der Waals surface area contributed by atoms with Gasteiger partial charge in [-0.25, -0.2) is 0 Å². The number of aromatic nitrogens is 1. The molecule has 0 radical (unpaired) electrons. The molecule has 116 valence electrons. The maximum Gasteiger partial charge on any atom is 0.0483 e. The maximum atomic E-state index is 3.54. The second-order valence-electron chi connectivity index (χ2n) is 6.31. The van der Waals surface area contributed by atoms with Gasteiger partial charge >= 0.3 is 0 Å². The highest BCUT2D eigenvalue weighted by atomic mass is 15.0. The lowest BCUT2D eigenvalue weighted by atomic mass is 10.1. The highest BCUT2D eigenvalue weighted by molar-refractivity contribution is 5.83. The van der Waals surface area contributed by atoms with E-state index >= 15 is 0 Å². The van der Waals surface area contributed by atoms with Crippen molar-refractivity contribution in [3.05, 3.63) is 36.0 Å². The summed E-state index contributed by atoms with van der Waals surface area (Å²) in [5, 5.41) is 4.94. The third-order valence-electron chi connectivity index (χ3n) is 4.07. The van der Waals surface area contributed by atoms with E-state index in [4.69, 9.17) is 0 Å². The molecule has 2 rings (SSSR count). The number of aryl methyl sites for hydroxylation is 1. The fourth-order valence-corrected chi connectivity index (χ4v) is 2.85. The predicted octanol–water partition coefficient (Wildman–Crippen LogP) is 5.11. The first-order valence-electron chi connectivity index (χ1n) is 8.52. The third kappa shape index (κ3) is 4.60. The number of nitrogens with zero attached hydrogens (tertiary/aromatic N) is 1. The normalized spacial score (nSPS) is 11.6. The van der Waals surface area contributed by atoms with Crippen molar-refractivity contribution in [2.45, 2.75) is 72.0 Å². The minimum absolute atomic E-state index is 0.529. The zero-order chi connectivity index (χ0) is 15.1. The Hall–Kier alpha value is -1.28. The van der Waals surface area contributed by atoms with Crippen molar-refractivity contribution < 1.29 is 0 Å². The fraction of sp³-hybridized carbons (Fsp3) is 0.579. The Balaban J connectivity index is 2.04. The topological polar surface area (TPSA) is 17.0 Å². The lowest BCUT2D eigenvalue weighted by molar-refractivity contribution is 0.571. The molecule has 1 aromatic carbocycles. The molecule has 0 bridgehead atoms. The van der Waals surface area contributed by atoms with Gasteiger partial charge in [0.2, 0.25) is 0 Å². The number of rotatable bonds is 9. The van der Waals surface area contributed by atoms with Crippen molar-refractivity contribution in [3.63, 3.8) is 0 Å². The Morgan fingerprint density at radius 3 is 2.57 bits per heavy atom. The summed E-state index contributed by atoms with van der Waals surface area (Å²) >= 11 is 0. The van der Waals surface area contributed by atoms with E-state index in [-0.39, 0.29) is 0 Å². The van der Waals surface area contributed by atoms with Gasteiger partial charge in [0.05, 0.1) is 0 Å². The highest BCUT2D eigenvalue weighted by Gasteiger charge is 2.08. The van der Waals surface area contributed by atoms with Gasteiger partial charge in [-0.1, -0.05) is 64.7 Å². The summed E-state index contributed by atoms with van der Waals surface area (Å²) in [5.41, 5.74) is 2.81. The summed E-state index contributed by atoms with van der Waals surface area (Å²) in [6.07, 6.45) is 9.04. The summed E-state index contributed by atoms with van der Waals surface area (Å²) in [7, 11) is 0. The molecule has 1 heterocycles. The van der Waals surface area contributed by atoms with Gasteiger partial charge < -0.3 is 9.88 Å². The summed E-state index contributed by atoms with van der Waals surface area (Å²) < 4.78 is 2.44. The van der Waals surface area contributed by atoms with Crippen LogP contribution in [0.15, 0.2) is 30.5 Å². The molecule has 1 aromatic heterocycles. The van der Waals surface area contributed by atoms with Crippen LogP contribution in [0.1, 0.15) is 58.4 Å². The minimum atomic E-state index is 0.529. The monoisotopic (exact) mass is 286 g/mol. The Morgan fingerprint density at radius 2 is 1.81 bits per heavy atom. The quantitative estimate of drug-likeness (QED) is 0.634. The van der Waals surface area contributed by atoms with Crippen molar-refractivity contribution in [2.24, 2.45) is 0 Å². The van der Waals surface area contributed by atoms with Crippen LogP contribution in [0.3, 0.4) is 0 Å². The minimum Gasteiger partial charge on any atom is -0.347 e. The number of nitrogens with one attached hydrogen (secondary N) is 1. The maximum absolute atomic E-state index is 3.54. The van der Waals surface area contributed by atoms with E-state index in [1.54, 1.807) is 0 Å². The zero-order valence-corrected chi connectivity index (χ0v) is 13.9. The second kappa shape index (κ2) is 8.23. The van der Waals surface area contributed by atoms with Gasteiger partial charge in [-0.05, 0) is 18.1 Å². The van der Waals surface area contributed by atoms with Crippen LogP contribution in [0.25, 0.3) is 10.9 Å². The molecule has 0 saturated heterocycles. The van der Waals surface area contributed by atoms with Gasteiger partial charge in [0.15, 0.2) is 0 Å². The number of fused-ring (bicyclic) bond motifs is 1. The lowest BCUT2D eigenvalue weighted by Gasteiger charge is -2.06. The number of para-hydroxylation sites is 1. The molecule has 0 spiro atoms. The molecular weight excluding hydrogens is 256 g/mol. The van der Waals surface area contributed by atoms with Gasteiger partial charge in [-0.3, -0.25) is 0 Å². The lowest BCUT2D eigenvalue weighted by Crippen LogP contribution is -2.21. The number of hydrogen-bond acceptors (Lipinski definition) is 1. The Kier molecular flexibility index (Phi) is 6.31. The molecule has 21 heavy (non-hydrogen) atoms. The fourth-order valence-electron chi connectivity index (χ4n) is 2.85. The summed E-state index contributed by atoms with van der Waals surface area (Å²) in [4.78, 5) is 0. The molecule has 2 heteroatoms. The van der Waals surface area contributed by atoms with Gasteiger partial charge in [0.25, 0.3) is 0 Å². The SMILES string of the molecule is CCCCCCCn1cc(CNC(C)C)c2ccccc21. The Morgan fingerprint density at radius 1 is 1.05 bits per heavy atom. The molecule has 0 aliphatic heterocycles. The van der Waals surface area contributed by atoms with Gasteiger partial charge in [0, 0.05) is 36.2 Å². The average molecular weight is 286 g/mol. The largest absolute Gasteiger partial charge is 0.347 e. The first kappa shape index (κ1) is 16.1. The summed E-state index contributed by atoms with van der Waals surface area (Å²) in [6, 6.07) is 9.32. The first-order chi connectivity index (χ1) is 10.2. The van der Waals surface area contributed by atoms with Crippen molar-refractivity contribution >= 4 is 10.9 Å². The van der Waals surface area contributed by atoms with Gasteiger partial charge in [-0.2, -0.15) is 0 Å². The standard InChI is InChI=1S/C19H30N2/c1-4-5-6-7-10-13-21-15-17(14-20-16(2)3)18-11-8-9-12-19(18)21/h8-9,11-12,15-16,20H,4-7,10,13-14H2,1-3H3. The van der Waals surface area contributed by atoms with Crippen LogP contribution in [-0.2, 0) is 13.1 Å². The summed E-state index contributed by atoms with van der Waals surface area (Å²) in [6.45, 7) is 8.78. The van der Waals surface area contributed by atoms with Gasteiger partial charge in [-0.15, -0.1) is 0 Å². The number of unbranched alkanes of at least 4 members (excludes halogenated alkanes) is 4. The van der Waals surface area contributed by atoms with Crippen LogP contribution in [-0.4, -0.2) is 10.6 Å². The molecule has 0 aliphatic rings. The smallest absolute Gasteiger partial charge is 0.0483 e. The van der Waals surface area contributed by atoms with E-state index in [0.717, 1.165) is 13.1 Å². The van der Waals surface area contributed by atoms with E-state index in [1.807, 2.05) is 0 Å². The number of benzene rings is 1. The van der Waals surface area contributed by atoms with E-state index < -0.39 is 0 Å². The molecule has 0 atom stereocenters. The predicted molar refractivity (Wildman–Crippen MR) is 92.7 cm³/mol. The highest BCUT2D eigenvalue weighted by Crippen LogP contribution is 2.22. The Bertz CT molecular complexity index is 539. The van der Waals surface area contributed by atoms with Crippen LogP contribution in [0.2, 0.25) is 0 Å². The second-order valence-corrected chi connectivity index (χ2v) is 6.31. The van der Waals surface area contributed by atoms with Gasteiger partial charge in [0.1, 0.15) is 0 Å².